The largest absolute Gasteiger partial charge is 0.323 e. The third kappa shape index (κ3) is 2.93. The van der Waals surface area contributed by atoms with E-state index in [9.17, 15) is 9.59 Å². The second kappa shape index (κ2) is 6.63. The number of likely N-dealkylation sites (tertiary alicyclic amines) is 1. The van der Waals surface area contributed by atoms with Crippen molar-refractivity contribution in [1.29, 1.82) is 0 Å². The maximum atomic E-state index is 12.9. The predicted octanol–water partition coefficient (Wildman–Crippen LogP) is 2.96. The van der Waals surface area contributed by atoms with Crippen molar-refractivity contribution in [3.8, 4) is 11.3 Å². The van der Waals surface area contributed by atoms with E-state index < -0.39 is 0 Å². The molecule has 0 aromatic carbocycles. The summed E-state index contributed by atoms with van der Waals surface area (Å²) in [6.45, 7) is 1.97. The Morgan fingerprint density at radius 3 is 2.96 bits per heavy atom. The molecule has 3 aromatic heterocycles. The summed E-state index contributed by atoms with van der Waals surface area (Å²) in [7, 11) is 1.83. The number of hydrogen-bond donors (Lipinski definition) is 1. The third-order valence-electron chi connectivity index (χ3n) is 5.70. The molecule has 0 spiro atoms. The number of piperidine rings is 1. The molecule has 7 nitrogen and oxygen atoms in total. The van der Waals surface area contributed by atoms with Gasteiger partial charge in [-0.2, -0.15) is 16.4 Å². The minimum absolute atomic E-state index is 0.0564. The minimum Gasteiger partial charge on any atom is -0.323 e. The number of thiophene rings is 1. The number of hydrogen-bond acceptors (Lipinski definition) is 4. The van der Waals surface area contributed by atoms with Gasteiger partial charge in [0.2, 0.25) is 0 Å². The van der Waals surface area contributed by atoms with Gasteiger partial charge in [-0.05, 0) is 29.9 Å². The number of anilines is 1. The van der Waals surface area contributed by atoms with E-state index >= 15 is 0 Å². The molecule has 2 bridgehead atoms. The standard InChI is InChI=1S/C20H21N5O2S/c1-23-18(8-16(22-23)14-5-6-28-12-14)21-20(27)24-9-13-7-15(11-24)17-3-2-4-19(26)25(17)10-13/h2-6,8,12-13,15H,7,9-11H2,1H3,(H,21,27)/t13-,15+/m0/s1. The SMILES string of the molecule is Cn1nc(-c2ccsc2)cc1NC(=O)N1C[C@@H]2C[C@H](C1)c1cccc(=O)n1C2. The Kier molecular flexibility index (Phi) is 4.08. The molecule has 1 saturated heterocycles. The Bertz CT molecular complexity index is 1080. The van der Waals surface area contributed by atoms with Crippen molar-refractivity contribution in [3.05, 3.63) is 57.1 Å². The van der Waals surface area contributed by atoms with Crippen LogP contribution in [0.15, 0.2) is 45.9 Å². The molecule has 2 aliphatic rings. The van der Waals surface area contributed by atoms with Gasteiger partial charge in [0.25, 0.3) is 5.56 Å². The zero-order valence-electron chi connectivity index (χ0n) is 15.5. The van der Waals surface area contributed by atoms with Crippen LogP contribution in [0, 0.1) is 5.92 Å². The number of pyridine rings is 1. The lowest BCUT2D eigenvalue weighted by Crippen LogP contribution is -2.50. The molecule has 2 atom stereocenters. The second-order valence-electron chi connectivity index (χ2n) is 7.58. The molecule has 1 fully saturated rings. The summed E-state index contributed by atoms with van der Waals surface area (Å²) in [6.07, 6.45) is 1.03. The number of amides is 2. The van der Waals surface area contributed by atoms with Gasteiger partial charge in [-0.15, -0.1) is 0 Å². The Hall–Kier alpha value is -2.87. The maximum absolute atomic E-state index is 12.9. The average molecular weight is 395 g/mol. The lowest BCUT2D eigenvalue weighted by molar-refractivity contribution is 0.139. The molecule has 0 aliphatic carbocycles. The Morgan fingerprint density at radius 2 is 2.14 bits per heavy atom. The van der Waals surface area contributed by atoms with Crippen LogP contribution in [0.3, 0.4) is 0 Å². The first-order chi connectivity index (χ1) is 13.6. The van der Waals surface area contributed by atoms with Crippen molar-refractivity contribution in [2.75, 3.05) is 18.4 Å². The highest BCUT2D eigenvalue weighted by Gasteiger charge is 2.36. The van der Waals surface area contributed by atoms with Gasteiger partial charge in [0, 0.05) is 61.4 Å². The van der Waals surface area contributed by atoms with Crippen LogP contribution in [0.25, 0.3) is 11.3 Å². The average Bonchev–Trinajstić information content (AvgIpc) is 3.33. The molecular weight excluding hydrogens is 374 g/mol. The van der Waals surface area contributed by atoms with Gasteiger partial charge in [-0.25, -0.2) is 4.79 Å². The van der Waals surface area contributed by atoms with Crippen LogP contribution in [0.5, 0.6) is 0 Å². The van der Waals surface area contributed by atoms with Gasteiger partial charge in [-0.1, -0.05) is 6.07 Å². The van der Waals surface area contributed by atoms with Crippen molar-refractivity contribution in [3.63, 3.8) is 0 Å². The van der Waals surface area contributed by atoms with Crippen molar-refractivity contribution >= 4 is 23.2 Å². The first kappa shape index (κ1) is 17.2. The van der Waals surface area contributed by atoms with Gasteiger partial charge in [0.1, 0.15) is 5.82 Å². The Morgan fingerprint density at radius 1 is 1.25 bits per heavy atom. The molecular formula is C20H21N5O2S. The molecule has 5 rings (SSSR count). The lowest BCUT2D eigenvalue weighted by Gasteiger charge is -2.42. The number of urea groups is 1. The summed E-state index contributed by atoms with van der Waals surface area (Å²) >= 11 is 1.62. The van der Waals surface area contributed by atoms with Crippen LogP contribution < -0.4 is 10.9 Å². The van der Waals surface area contributed by atoms with E-state index in [0.29, 0.717) is 31.4 Å². The van der Waals surface area contributed by atoms with Crippen LogP contribution in [0.2, 0.25) is 0 Å². The van der Waals surface area contributed by atoms with Crippen LogP contribution in [0.1, 0.15) is 18.0 Å². The van der Waals surface area contributed by atoms with Gasteiger partial charge >= 0.3 is 6.03 Å². The topological polar surface area (TPSA) is 72.2 Å². The van der Waals surface area contributed by atoms with Crippen LogP contribution >= 0.6 is 11.3 Å². The molecule has 0 radical (unpaired) electrons. The fourth-order valence-electron chi connectivity index (χ4n) is 4.39. The molecule has 8 heteroatoms. The van der Waals surface area contributed by atoms with Crippen molar-refractivity contribution in [2.45, 2.75) is 18.9 Å². The predicted molar refractivity (Wildman–Crippen MR) is 109 cm³/mol. The Balaban J connectivity index is 1.34. The molecule has 2 aliphatic heterocycles. The van der Waals surface area contributed by atoms with E-state index in [2.05, 4.69) is 10.4 Å². The molecule has 2 amide bonds. The number of rotatable bonds is 2. The summed E-state index contributed by atoms with van der Waals surface area (Å²) in [4.78, 5) is 27.0. The third-order valence-corrected chi connectivity index (χ3v) is 6.38. The van der Waals surface area contributed by atoms with Crippen LogP contribution in [-0.4, -0.2) is 38.4 Å². The summed E-state index contributed by atoms with van der Waals surface area (Å²) < 4.78 is 3.58. The summed E-state index contributed by atoms with van der Waals surface area (Å²) in [5.74, 6) is 1.20. The van der Waals surface area contributed by atoms with Gasteiger partial charge in [-0.3, -0.25) is 14.8 Å². The Labute approximate surface area is 166 Å². The number of aryl methyl sites for hydroxylation is 1. The number of aromatic nitrogens is 3. The first-order valence-electron chi connectivity index (χ1n) is 9.41. The van der Waals surface area contributed by atoms with Gasteiger partial charge < -0.3 is 9.47 Å². The number of carbonyl (C=O) groups is 1. The molecule has 3 aromatic rings. The van der Waals surface area contributed by atoms with E-state index in [1.807, 2.05) is 51.5 Å². The molecule has 5 heterocycles. The smallest absolute Gasteiger partial charge is 0.323 e. The number of nitrogens with zero attached hydrogens (tertiary/aromatic N) is 4. The summed E-state index contributed by atoms with van der Waals surface area (Å²) in [6, 6.07) is 9.25. The van der Waals surface area contributed by atoms with E-state index in [1.54, 1.807) is 22.1 Å². The quantitative estimate of drug-likeness (QED) is 0.725. The number of carbonyl (C=O) groups excluding carboxylic acids is 1. The van der Waals surface area contributed by atoms with Crippen molar-refractivity contribution in [2.24, 2.45) is 13.0 Å². The van der Waals surface area contributed by atoms with Gasteiger partial charge in [0.05, 0.1) is 5.69 Å². The highest BCUT2D eigenvalue weighted by atomic mass is 32.1. The fourth-order valence-corrected chi connectivity index (χ4v) is 5.04. The summed E-state index contributed by atoms with van der Waals surface area (Å²) in [5.41, 5.74) is 3.00. The minimum atomic E-state index is -0.110. The van der Waals surface area contributed by atoms with E-state index in [4.69, 9.17) is 0 Å². The lowest BCUT2D eigenvalue weighted by atomic mass is 9.83. The highest BCUT2D eigenvalue weighted by molar-refractivity contribution is 7.08. The van der Waals surface area contributed by atoms with Crippen LogP contribution in [-0.2, 0) is 13.6 Å². The zero-order chi connectivity index (χ0) is 19.3. The monoisotopic (exact) mass is 395 g/mol. The van der Waals surface area contributed by atoms with Crippen molar-refractivity contribution < 1.29 is 4.79 Å². The van der Waals surface area contributed by atoms with E-state index in [0.717, 1.165) is 23.4 Å². The van der Waals surface area contributed by atoms with E-state index in [-0.39, 0.29) is 17.5 Å². The first-order valence-corrected chi connectivity index (χ1v) is 10.3. The van der Waals surface area contributed by atoms with Crippen LogP contribution in [0.4, 0.5) is 10.6 Å². The zero-order valence-corrected chi connectivity index (χ0v) is 16.4. The number of fused-ring (bicyclic) bond motifs is 4. The van der Waals surface area contributed by atoms with Crippen molar-refractivity contribution in [1.82, 2.24) is 19.2 Å². The molecule has 28 heavy (non-hydrogen) atoms. The molecule has 0 saturated carbocycles. The maximum Gasteiger partial charge on any atom is 0.323 e. The van der Waals surface area contributed by atoms with E-state index in [1.165, 1.54) is 0 Å². The fraction of sp³-hybridized carbons (Fsp3) is 0.350. The summed E-state index contributed by atoms with van der Waals surface area (Å²) in [5, 5.41) is 11.6. The number of nitrogens with one attached hydrogen (secondary N) is 1. The molecule has 0 unspecified atom stereocenters. The highest BCUT2D eigenvalue weighted by Crippen LogP contribution is 2.35. The molecule has 1 N–H and O–H groups in total. The van der Waals surface area contributed by atoms with Gasteiger partial charge in [0.15, 0.2) is 0 Å². The molecule has 144 valence electrons. The normalized spacial score (nSPS) is 20.7. The second-order valence-corrected chi connectivity index (χ2v) is 8.36.